The van der Waals surface area contributed by atoms with E-state index in [1.54, 1.807) is 20.0 Å². The van der Waals surface area contributed by atoms with Crippen molar-refractivity contribution in [2.24, 2.45) is 0 Å². The number of amides is 1. The maximum absolute atomic E-state index is 13.7. The second-order valence-electron chi connectivity index (χ2n) is 4.92. The second kappa shape index (κ2) is 6.14. The van der Waals surface area contributed by atoms with Crippen molar-refractivity contribution in [1.82, 2.24) is 4.90 Å². The number of anilines is 1. The van der Waals surface area contributed by atoms with E-state index in [1.165, 1.54) is 17.0 Å². The molecule has 0 aromatic heterocycles. The molecule has 0 aliphatic heterocycles. The van der Waals surface area contributed by atoms with Crippen LogP contribution in [0.5, 0.6) is 0 Å². The van der Waals surface area contributed by atoms with Gasteiger partial charge in [-0.05, 0) is 30.7 Å². The number of benzene rings is 2. The molecule has 5 heteroatoms. The third-order valence-corrected chi connectivity index (χ3v) is 3.71. The lowest BCUT2D eigenvalue weighted by Gasteiger charge is -2.18. The SMILES string of the molecule is Cc1c(N)cc(C(=O)N(C)Cc2ccccc2Cl)cc1F. The normalized spacial score (nSPS) is 10.5. The second-order valence-corrected chi connectivity index (χ2v) is 5.33. The van der Waals surface area contributed by atoms with Crippen LogP contribution in [0.1, 0.15) is 21.5 Å². The molecule has 0 radical (unpaired) electrons. The van der Waals surface area contributed by atoms with Crippen LogP contribution in [-0.4, -0.2) is 17.9 Å². The lowest BCUT2D eigenvalue weighted by Crippen LogP contribution is -2.26. The molecule has 0 spiro atoms. The van der Waals surface area contributed by atoms with Gasteiger partial charge in [0, 0.05) is 35.4 Å². The summed E-state index contributed by atoms with van der Waals surface area (Å²) in [6.45, 7) is 1.92. The molecule has 0 unspecified atom stereocenters. The summed E-state index contributed by atoms with van der Waals surface area (Å²) in [6.07, 6.45) is 0. The number of nitrogens with zero attached hydrogens (tertiary/aromatic N) is 1. The van der Waals surface area contributed by atoms with E-state index in [4.69, 9.17) is 17.3 Å². The van der Waals surface area contributed by atoms with Crippen LogP contribution >= 0.6 is 11.6 Å². The van der Waals surface area contributed by atoms with Crippen LogP contribution in [0.15, 0.2) is 36.4 Å². The molecule has 0 aliphatic rings. The van der Waals surface area contributed by atoms with Gasteiger partial charge in [0.1, 0.15) is 5.82 Å². The first-order chi connectivity index (χ1) is 9.90. The molecule has 0 fully saturated rings. The minimum Gasteiger partial charge on any atom is -0.398 e. The summed E-state index contributed by atoms with van der Waals surface area (Å²) in [7, 11) is 1.64. The first-order valence-electron chi connectivity index (χ1n) is 6.44. The van der Waals surface area contributed by atoms with E-state index >= 15 is 0 Å². The fourth-order valence-electron chi connectivity index (χ4n) is 2.00. The number of nitrogens with two attached hydrogens (primary N) is 1. The molecule has 0 saturated heterocycles. The zero-order valence-electron chi connectivity index (χ0n) is 11.9. The average Bonchev–Trinajstić information content (AvgIpc) is 2.45. The standard InChI is InChI=1S/C16H16ClFN2O/c1-10-14(18)7-12(8-15(10)19)16(21)20(2)9-11-5-3-4-6-13(11)17/h3-8H,9,19H2,1-2H3. The van der Waals surface area contributed by atoms with Crippen LogP contribution < -0.4 is 5.73 Å². The maximum atomic E-state index is 13.7. The minimum atomic E-state index is -0.482. The average molecular weight is 307 g/mol. The van der Waals surface area contributed by atoms with Crippen LogP contribution in [-0.2, 0) is 6.54 Å². The van der Waals surface area contributed by atoms with Gasteiger partial charge in [0.2, 0.25) is 0 Å². The van der Waals surface area contributed by atoms with Crippen LogP contribution in [0.25, 0.3) is 0 Å². The van der Waals surface area contributed by atoms with Crippen molar-refractivity contribution in [3.8, 4) is 0 Å². The summed E-state index contributed by atoms with van der Waals surface area (Å²) < 4.78 is 13.7. The van der Waals surface area contributed by atoms with Gasteiger partial charge in [-0.15, -0.1) is 0 Å². The third kappa shape index (κ3) is 3.34. The van der Waals surface area contributed by atoms with Gasteiger partial charge < -0.3 is 10.6 Å². The lowest BCUT2D eigenvalue weighted by molar-refractivity contribution is 0.0784. The Bertz CT molecular complexity index is 665. The molecule has 2 rings (SSSR count). The van der Waals surface area contributed by atoms with E-state index in [9.17, 15) is 9.18 Å². The Kier molecular flexibility index (Phi) is 4.48. The molecule has 3 nitrogen and oxygen atoms in total. The Morgan fingerprint density at radius 2 is 2.00 bits per heavy atom. The highest BCUT2D eigenvalue weighted by molar-refractivity contribution is 6.31. The molecule has 0 heterocycles. The Morgan fingerprint density at radius 1 is 1.33 bits per heavy atom. The molecule has 21 heavy (non-hydrogen) atoms. The molecular weight excluding hydrogens is 291 g/mol. The van der Waals surface area contributed by atoms with Crippen molar-refractivity contribution in [3.05, 3.63) is 63.9 Å². The maximum Gasteiger partial charge on any atom is 0.254 e. The molecule has 2 aromatic carbocycles. The molecule has 1 amide bonds. The highest BCUT2D eigenvalue weighted by atomic mass is 35.5. The molecule has 110 valence electrons. The van der Waals surface area contributed by atoms with Gasteiger partial charge in [-0.3, -0.25) is 4.79 Å². The monoisotopic (exact) mass is 306 g/mol. The Hall–Kier alpha value is -2.07. The van der Waals surface area contributed by atoms with Crippen molar-refractivity contribution in [2.45, 2.75) is 13.5 Å². The highest BCUT2D eigenvalue weighted by Gasteiger charge is 2.16. The number of halogens is 2. The van der Waals surface area contributed by atoms with E-state index in [1.807, 2.05) is 18.2 Å². The Morgan fingerprint density at radius 3 is 2.62 bits per heavy atom. The van der Waals surface area contributed by atoms with Crippen molar-refractivity contribution >= 4 is 23.2 Å². The van der Waals surface area contributed by atoms with E-state index in [0.717, 1.165) is 5.56 Å². The third-order valence-electron chi connectivity index (χ3n) is 3.34. The molecular formula is C16H16ClFN2O. The van der Waals surface area contributed by atoms with Gasteiger partial charge in [0.25, 0.3) is 5.91 Å². The molecule has 0 bridgehead atoms. The van der Waals surface area contributed by atoms with Crippen LogP contribution in [0.4, 0.5) is 10.1 Å². The summed E-state index contributed by atoms with van der Waals surface area (Å²) in [5.74, 6) is -0.787. The summed E-state index contributed by atoms with van der Waals surface area (Å²) in [6, 6.07) is 9.97. The number of nitrogen functional groups attached to an aromatic ring is 1. The summed E-state index contributed by atoms with van der Waals surface area (Å²) in [5.41, 5.74) is 7.38. The van der Waals surface area contributed by atoms with Crippen LogP contribution in [0.3, 0.4) is 0 Å². The number of hydrogen-bond donors (Lipinski definition) is 1. The number of rotatable bonds is 3. The summed E-state index contributed by atoms with van der Waals surface area (Å²) in [5, 5.41) is 0.590. The minimum absolute atomic E-state index is 0.227. The van der Waals surface area contributed by atoms with E-state index < -0.39 is 5.82 Å². The Labute approximate surface area is 128 Å². The predicted molar refractivity (Wildman–Crippen MR) is 82.8 cm³/mol. The van der Waals surface area contributed by atoms with Gasteiger partial charge in [0.05, 0.1) is 0 Å². The first kappa shape index (κ1) is 15.3. The topological polar surface area (TPSA) is 46.3 Å². The summed E-state index contributed by atoms with van der Waals surface area (Å²) >= 11 is 6.07. The molecule has 0 saturated carbocycles. The van der Waals surface area contributed by atoms with Crippen molar-refractivity contribution in [2.75, 3.05) is 12.8 Å². The number of carbonyl (C=O) groups is 1. The zero-order chi connectivity index (χ0) is 15.6. The fraction of sp³-hybridized carbons (Fsp3) is 0.188. The van der Waals surface area contributed by atoms with E-state index in [2.05, 4.69) is 0 Å². The number of hydrogen-bond acceptors (Lipinski definition) is 2. The first-order valence-corrected chi connectivity index (χ1v) is 6.82. The van der Waals surface area contributed by atoms with Crippen molar-refractivity contribution in [3.63, 3.8) is 0 Å². The predicted octanol–water partition coefficient (Wildman–Crippen LogP) is 3.64. The van der Waals surface area contributed by atoms with Gasteiger partial charge in [-0.1, -0.05) is 29.8 Å². The largest absolute Gasteiger partial charge is 0.398 e. The van der Waals surface area contributed by atoms with Crippen LogP contribution in [0.2, 0.25) is 5.02 Å². The van der Waals surface area contributed by atoms with Crippen LogP contribution in [0, 0.1) is 12.7 Å². The van der Waals surface area contributed by atoms with Crippen molar-refractivity contribution in [1.29, 1.82) is 0 Å². The van der Waals surface area contributed by atoms with E-state index in [0.29, 0.717) is 17.1 Å². The highest BCUT2D eigenvalue weighted by Crippen LogP contribution is 2.21. The molecule has 0 aliphatic carbocycles. The molecule has 2 N–H and O–H groups in total. The molecule has 2 aromatic rings. The smallest absolute Gasteiger partial charge is 0.254 e. The van der Waals surface area contributed by atoms with Gasteiger partial charge in [0.15, 0.2) is 0 Å². The lowest BCUT2D eigenvalue weighted by atomic mass is 10.1. The summed E-state index contributed by atoms with van der Waals surface area (Å²) in [4.78, 5) is 13.8. The molecule has 0 atom stereocenters. The van der Waals surface area contributed by atoms with Gasteiger partial charge in [-0.25, -0.2) is 4.39 Å². The number of carbonyl (C=O) groups excluding carboxylic acids is 1. The van der Waals surface area contributed by atoms with E-state index in [-0.39, 0.29) is 17.2 Å². The quantitative estimate of drug-likeness (QED) is 0.880. The van der Waals surface area contributed by atoms with Gasteiger partial charge >= 0.3 is 0 Å². The zero-order valence-corrected chi connectivity index (χ0v) is 12.6. The van der Waals surface area contributed by atoms with Gasteiger partial charge in [-0.2, -0.15) is 0 Å². The fourth-order valence-corrected chi connectivity index (χ4v) is 2.19. The van der Waals surface area contributed by atoms with Crippen molar-refractivity contribution < 1.29 is 9.18 Å². The Balaban J connectivity index is 2.22.